The van der Waals surface area contributed by atoms with Crippen LogP contribution in [0.2, 0.25) is 5.02 Å². The van der Waals surface area contributed by atoms with Crippen molar-refractivity contribution in [1.82, 2.24) is 19.7 Å². The van der Waals surface area contributed by atoms with Crippen LogP contribution in [0.1, 0.15) is 34.8 Å². The van der Waals surface area contributed by atoms with Gasteiger partial charge < -0.3 is 9.72 Å². The van der Waals surface area contributed by atoms with Crippen molar-refractivity contribution in [2.75, 3.05) is 0 Å². The molecule has 8 heteroatoms. The first kappa shape index (κ1) is 18.9. The highest BCUT2D eigenvalue weighted by Gasteiger charge is 2.18. The number of aromatic amines is 1. The average Bonchev–Trinajstić information content (AvgIpc) is 3.18. The number of H-pyrrole nitrogens is 1. The molecule has 2 aromatic heterocycles. The van der Waals surface area contributed by atoms with Gasteiger partial charge in [0.1, 0.15) is 0 Å². The lowest BCUT2D eigenvalue weighted by Crippen LogP contribution is -2.17. The van der Waals surface area contributed by atoms with E-state index in [2.05, 4.69) is 15.1 Å². The second-order valence-electron chi connectivity index (χ2n) is 6.53. The van der Waals surface area contributed by atoms with Crippen LogP contribution in [0.4, 0.5) is 0 Å². The van der Waals surface area contributed by atoms with Gasteiger partial charge in [-0.3, -0.25) is 9.48 Å². The number of para-hydroxylation sites is 1. The molecule has 0 spiro atoms. The lowest BCUT2D eigenvalue weighted by molar-refractivity contribution is 0.0320. The lowest BCUT2D eigenvalue weighted by Gasteiger charge is -2.12. The Bertz CT molecular complexity index is 1250. The molecule has 146 valence electrons. The van der Waals surface area contributed by atoms with Crippen LogP contribution in [0.15, 0.2) is 65.7 Å². The number of nitrogens with one attached hydrogen (secondary N) is 1. The molecule has 0 bridgehead atoms. The van der Waals surface area contributed by atoms with Crippen LogP contribution in [0, 0.1) is 0 Å². The van der Waals surface area contributed by atoms with Crippen LogP contribution in [-0.2, 0) is 11.3 Å². The Morgan fingerprint density at radius 3 is 2.79 bits per heavy atom. The van der Waals surface area contributed by atoms with E-state index >= 15 is 0 Å². The smallest absolute Gasteiger partial charge is 0.342 e. The van der Waals surface area contributed by atoms with Crippen LogP contribution in [0.25, 0.3) is 10.9 Å². The highest BCUT2D eigenvalue weighted by Crippen LogP contribution is 2.18. The van der Waals surface area contributed by atoms with E-state index in [-0.39, 0.29) is 11.4 Å². The highest BCUT2D eigenvalue weighted by molar-refractivity contribution is 6.31. The summed E-state index contributed by atoms with van der Waals surface area (Å²) in [4.78, 5) is 31.7. The molecule has 0 amide bonds. The minimum atomic E-state index is -0.730. The molecule has 0 aliphatic carbocycles. The summed E-state index contributed by atoms with van der Waals surface area (Å²) in [7, 11) is 0. The second-order valence-corrected chi connectivity index (χ2v) is 6.94. The molecule has 1 unspecified atom stereocenters. The lowest BCUT2D eigenvalue weighted by atomic mass is 10.2. The summed E-state index contributed by atoms with van der Waals surface area (Å²) >= 11 is 6.17. The summed E-state index contributed by atoms with van der Waals surface area (Å²) in [6, 6.07) is 14.4. The van der Waals surface area contributed by atoms with E-state index in [9.17, 15) is 9.59 Å². The van der Waals surface area contributed by atoms with Gasteiger partial charge in [0.15, 0.2) is 11.9 Å². The van der Waals surface area contributed by atoms with Crippen LogP contribution in [0.3, 0.4) is 0 Å². The van der Waals surface area contributed by atoms with Gasteiger partial charge in [-0.15, -0.1) is 0 Å². The summed E-state index contributed by atoms with van der Waals surface area (Å²) in [6.07, 6.45) is 2.30. The van der Waals surface area contributed by atoms with Gasteiger partial charge in [-0.25, -0.2) is 9.78 Å². The number of esters is 1. The van der Waals surface area contributed by atoms with Gasteiger partial charge in [-0.2, -0.15) is 5.10 Å². The Hall–Kier alpha value is -3.45. The van der Waals surface area contributed by atoms with E-state index < -0.39 is 12.1 Å². The molecule has 1 N–H and O–H groups in total. The van der Waals surface area contributed by atoms with Crippen molar-refractivity contribution in [3.05, 3.63) is 93.3 Å². The minimum Gasteiger partial charge on any atom is -0.451 e. The zero-order chi connectivity index (χ0) is 20.4. The molecular weight excluding hydrogens is 392 g/mol. The number of rotatable bonds is 5. The Balaban J connectivity index is 1.49. The van der Waals surface area contributed by atoms with Crippen LogP contribution >= 0.6 is 11.6 Å². The predicted octanol–water partition coefficient (Wildman–Crippen LogP) is 3.74. The molecule has 1 atom stereocenters. The fourth-order valence-electron chi connectivity index (χ4n) is 2.94. The third-order valence-corrected chi connectivity index (χ3v) is 4.83. The molecule has 0 aliphatic rings. The molecule has 0 aliphatic heterocycles. The number of carbonyl (C=O) groups excluding carboxylic acids is 1. The van der Waals surface area contributed by atoms with Crippen molar-refractivity contribution >= 4 is 28.5 Å². The van der Waals surface area contributed by atoms with E-state index in [1.54, 1.807) is 48.1 Å². The number of ether oxygens (including phenoxy) is 1. The molecule has 4 aromatic rings. The number of benzene rings is 2. The zero-order valence-electron chi connectivity index (χ0n) is 15.5. The van der Waals surface area contributed by atoms with Gasteiger partial charge in [0, 0.05) is 11.2 Å². The first-order valence-corrected chi connectivity index (χ1v) is 9.35. The fraction of sp³-hybridized carbons (Fsp3) is 0.143. The van der Waals surface area contributed by atoms with Crippen molar-refractivity contribution in [2.24, 2.45) is 0 Å². The number of halogens is 1. The third-order valence-electron chi connectivity index (χ3n) is 4.46. The second kappa shape index (κ2) is 7.89. The van der Waals surface area contributed by atoms with E-state index in [1.807, 2.05) is 18.2 Å². The van der Waals surface area contributed by atoms with E-state index in [1.165, 1.54) is 6.20 Å². The zero-order valence-corrected chi connectivity index (χ0v) is 16.3. The molecule has 7 nitrogen and oxygen atoms in total. The number of fused-ring (bicyclic) bond motifs is 1. The summed E-state index contributed by atoms with van der Waals surface area (Å²) in [5, 5.41) is 5.31. The maximum atomic E-state index is 12.5. The van der Waals surface area contributed by atoms with Gasteiger partial charge in [-0.05, 0) is 30.7 Å². The van der Waals surface area contributed by atoms with E-state index in [0.717, 1.165) is 5.56 Å². The van der Waals surface area contributed by atoms with Crippen LogP contribution in [-0.4, -0.2) is 25.7 Å². The van der Waals surface area contributed by atoms with Crippen molar-refractivity contribution in [2.45, 2.75) is 19.6 Å². The topological polar surface area (TPSA) is 89.9 Å². The van der Waals surface area contributed by atoms with E-state index in [0.29, 0.717) is 28.0 Å². The van der Waals surface area contributed by atoms with Crippen molar-refractivity contribution in [3.8, 4) is 0 Å². The fourth-order valence-corrected chi connectivity index (χ4v) is 3.13. The van der Waals surface area contributed by atoms with Crippen LogP contribution in [0.5, 0.6) is 0 Å². The molecule has 4 rings (SSSR count). The van der Waals surface area contributed by atoms with Gasteiger partial charge in [0.2, 0.25) is 0 Å². The number of aromatic nitrogens is 4. The van der Waals surface area contributed by atoms with Crippen LogP contribution < -0.4 is 5.56 Å². The van der Waals surface area contributed by atoms with Gasteiger partial charge >= 0.3 is 5.97 Å². The molecule has 0 saturated heterocycles. The minimum absolute atomic E-state index is 0.277. The van der Waals surface area contributed by atoms with Gasteiger partial charge in [-0.1, -0.05) is 41.9 Å². The standard InChI is InChI=1S/C21H17ClN4O3/c1-13(19-24-18-9-5-3-7-16(18)20(27)25-19)29-21(28)15-10-23-26(12-15)11-14-6-2-4-8-17(14)22/h2-10,12-13H,11H2,1H3,(H,24,25,27). The van der Waals surface area contributed by atoms with Crippen molar-refractivity contribution in [3.63, 3.8) is 0 Å². The maximum Gasteiger partial charge on any atom is 0.342 e. The first-order valence-electron chi connectivity index (χ1n) is 8.97. The molecule has 0 fully saturated rings. The Morgan fingerprint density at radius 2 is 1.97 bits per heavy atom. The number of carbonyl (C=O) groups is 1. The summed E-state index contributed by atoms with van der Waals surface area (Å²) in [5.74, 6) is -0.274. The number of hydrogen-bond donors (Lipinski definition) is 1. The maximum absolute atomic E-state index is 12.5. The Labute approximate surface area is 170 Å². The predicted molar refractivity (Wildman–Crippen MR) is 109 cm³/mol. The first-order chi connectivity index (χ1) is 14.0. The molecule has 29 heavy (non-hydrogen) atoms. The Kier molecular flexibility index (Phi) is 5.14. The molecule has 2 aromatic carbocycles. The summed E-state index contributed by atoms with van der Waals surface area (Å²) in [6.45, 7) is 2.08. The van der Waals surface area contributed by atoms with Crippen molar-refractivity contribution < 1.29 is 9.53 Å². The summed E-state index contributed by atoms with van der Waals surface area (Å²) in [5.41, 5.74) is 1.46. The average molecular weight is 409 g/mol. The molecule has 0 radical (unpaired) electrons. The third kappa shape index (κ3) is 4.05. The molecule has 2 heterocycles. The normalized spacial score (nSPS) is 12.1. The largest absolute Gasteiger partial charge is 0.451 e. The highest BCUT2D eigenvalue weighted by atomic mass is 35.5. The Morgan fingerprint density at radius 1 is 1.21 bits per heavy atom. The van der Waals surface area contributed by atoms with E-state index in [4.69, 9.17) is 16.3 Å². The summed E-state index contributed by atoms with van der Waals surface area (Å²) < 4.78 is 7.07. The number of nitrogens with zero attached hydrogens (tertiary/aromatic N) is 3. The van der Waals surface area contributed by atoms with Gasteiger partial charge in [0.25, 0.3) is 5.56 Å². The number of hydrogen-bond acceptors (Lipinski definition) is 5. The molecular formula is C21H17ClN4O3. The molecule has 0 saturated carbocycles. The van der Waals surface area contributed by atoms with Gasteiger partial charge in [0.05, 0.1) is 29.2 Å². The SMILES string of the molecule is CC(OC(=O)c1cnn(Cc2ccccc2Cl)c1)c1nc2ccccc2c(=O)[nH]1. The quantitative estimate of drug-likeness (QED) is 0.508. The monoisotopic (exact) mass is 408 g/mol. The van der Waals surface area contributed by atoms with Crippen molar-refractivity contribution in [1.29, 1.82) is 0 Å².